The van der Waals surface area contributed by atoms with Gasteiger partial charge in [-0.1, -0.05) is 20.3 Å². The Labute approximate surface area is 105 Å². The van der Waals surface area contributed by atoms with E-state index in [0.717, 1.165) is 18.1 Å². The van der Waals surface area contributed by atoms with E-state index in [1.807, 2.05) is 18.7 Å². The van der Waals surface area contributed by atoms with Crippen LogP contribution in [0.4, 0.5) is 0 Å². The topological polar surface area (TPSA) is 35.8 Å². The van der Waals surface area contributed by atoms with Gasteiger partial charge in [0.25, 0.3) is 0 Å². The van der Waals surface area contributed by atoms with E-state index in [4.69, 9.17) is 5.26 Å². The van der Waals surface area contributed by atoms with Gasteiger partial charge in [-0.2, -0.15) is 17.0 Å². The molecule has 0 rings (SSSR count). The molecule has 2 nitrogen and oxygen atoms in total. The lowest BCUT2D eigenvalue weighted by molar-refractivity contribution is 0.397. The summed E-state index contributed by atoms with van der Waals surface area (Å²) in [6, 6.07) is 2.75. The second-order valence-electron chi connectivity index (χ2n) is 5.08. The van der Waals surface area contributed by atoms with Crippen molar-refractivity contribution in [1.82, 2.24) is 5.32 Å². The van der Waals surface area contributed by atoms with E-state index in [2.05, 4.69) is 39.1 Å². The van der Waals surface area contributed by atoms with Crippen LogP contribution in [0.15, 0.2) is 0 Å². The fraction of sp³-hybridized carbons (Fsp3) is 0.923. The molecule has 2 unspecified atom stereocenters. The molecule has 0 aliphatic rings. The number of nitriles is 1. The van der Waals surface area contributed by atoms with Gasteiger partial charge in [-0.25, -0.2) is 0 Å². The highest BCUT2D eigenvalue weighted by Crippen LogP contribution is 2.17. The first-order valence-corrected chi connectivity index (χ1v) is 7.35. The van der Waals surface area contributed by atoms with E-state index in [1.54, 1.807) is 0 Å². The number of nitrogens with one attached hydrogen (secondary N) is 1. The van der Waals surface area contributed by atoms with Crippen molar-refractivity contribution in [2.75, 3.05) is 11.5 Å². The van der Waals surface area contributed by atoms with Gasteiger partial charge < -0.3 is 0 Å². The van der Waals surface area contributed by atoms with Crippen molar-refractivity contribution in [2.45, 2.75) is 59.0 Å². The largest absolute Gasteiger partial charge is 0.297 e. The molecule has 3 heteroatoms. The van der Waals surface area contributed by atoms with Crippen molar-refractivity contribution in [1.29, 1.82) is 5.26 Å². The third-order valence-corrected chi connectivity index (χ3v) is 4.00. The van der Waals surface area contributed by atoms with Gasteiger partial charge in [0.1, 0.15) is 5.54 Å². The van der Waals surface area contributed by atoms with Crippen molar-refractivity contribution in [2.24, 2.45) is 5.92 Å². The van der Waals surface area contributed by atoms with Gasteiger partial charge in [0.2, 0.25) is 0 Å². The summed E-state index contributed by atoms with van der Waals surface area (Å²) in [6.07, 6.45) is 2.16. The maximum Gasteiger partial charge on any atom is 0.104 e. The molecule has 2 atom stereocenters. The number of rotatable bonds is 8. The monoisotopic (exact) mass is 242 g/mol. The van der Waals surface area contributed by atoms with Crippen LogP contribution in [0.2, 0.25) is 0 Å². The Morgan fingerprint density at radius 3 is 2.44 bits per heavy atom. The quantitative estimate of drug-likeness (QED) is 0.662. The Kier molecular flexibility index (Phi) is 7.87. The zero-order valence-corrected chi connectivity index (χ0v) is 12.2. The normalized spacial score (nSPS) is 16.8. The third kappa shape index (κ3) is 7.14. The number of hydrogen-bond acceptors (Lipinski definition) is 3. The molecule has 0 aromatic carbocycles. The summed E-state index contributed by atoms with van der Waals surface area (Å²) >= 11 is 1.96. The fourth-order valence-electron chi connectivity index (χ4n) is 1.48. The van der Waals surface area contributed by atoms with E-state index in [0.29, 0.717) is 6.04 Å². The van der Waals surface area contributed by atoms with Gasteiger partial charge >= 0.3 is 0 Å². The van der Waals surface area contributed by atoms with Crippen LogP contribution >= 0.6 is 11.8 Å². The summed E-state index contributed by atoms with van der Waals surface area (Å²) in [5, 5.41) is 12.5. The SMILES string of the molecule is CCC(C)CSCCC(C)(C#N)NC(C)C. The molecule has 0 aromatic heterocycles. The molecule has 1 N–H and O–H groups in total. The predicted octanol–water partition coefficient (Wildman–Crippen LogP) is 3.44. The molecular weight excluding hydrogens is 216 g/mol. The van der Waals surface area contributed by atoms with Gasteiger partial charge in [0.05, 0.1) is 6.07 Å². The first-order valence-electron chi connectivity index (χ1n) is 6.20. The molecule has 0 saturated heterocycles. The third-order valence-electron chi connectivity index (χ3n) is 2.70. The summed E-state index contributed by atoms with van der Waals surface area (Å²) in [5.74, 6) is 3.06. The van der Waals surface area contributed by atoms with E-state index in [-0.39, 0.29) is 5.54 Å². The summed E-state index contributed by atoms with van der Waals surface area (Å²) in [4.78, 5) is 0. The van der Waals surface area contributed by atoms with E-state index in [9.17, 15) is 0 Å². The van der Waals surface area contributed by atoms with E-state index < -0.39 is 0 Å². The Morgan fingerprint density at radius 2 is 2.00 bits per heavy atom. The minimum absolute atomic E-state index is 0.364. The molecule has 16 heavy (non-hydrogen) atoms. The van der Waals surface area contributed by atoms with Crippen LogP contribution in [0.25, 0.3) is 0 Å². The van der Waals surface area contributed by atoms with Crippen molar-refractivity contribution in [3.8, 4) is 6.07 Å². The number of thioether (sulfide) groups is 1. The van der Waals surface area contributed by atoms with Crippen molar-refractivity contribution in [3.63, 3.8) is 0 Å². The fourth-order valence-corrected chi connectivity index (χ4v) is 2.83. The van der Waals surface area contributed by atoms with Crippen LogP contribution in [-0.2, 0) is 0 Å². The van der Waals surface area contributed by atoms with Crippen molar-refractivity contribution >= 4 is 11.8 Å². The van der Waals surface area contributed by atoms with Crippen LogP contribution in [0, 0.1) is 17.2 Å². The summed E-state index contributed by atoms with van der Waals surface area (Å²) in [5.41, 5.74) is -0.364. The maximum atomic E-state index is 9.17. The standard InChI is InChI=1S/C13H26N2S/c1-6-12(4)9-16-8-7-13(5,10-14)15-11(2)3/h11-12,15H,6-9H2,1-5H3. The minimum atomic E-state index is -0.364. The predicted molar refractivity (Wildman–Crippen MR) is 73.7 cm³/mol. The lowest BCUT2D eigenvalue weighted by Crippen LogP contribution is -2.45. The first kappa shape index (κ1) is 15.8. The zero-order chi connectivity index (χ0) is 12.6. The van der Waals surface area contributed by atoms with Gasteiger partial charge in [-0.3, -0.25) is 5.32 Å². The minimum Gasteiger partial charge on any atom is -0.297 e. The zero-order valence-electron chi connectivity index (χ0n) is 11.3. The van der Waals surface area contributed by atoms with Crippen molar-refractivity contribution < 1.29 is 0 Å². The highest BCUT2D eigenvalue weighted by molar-refractivity contribution is 7.99. The Balaban J connectivity index is 3.84. The molecule has 0 aromatic rings. The summed E-state index contributed by atoms with van der Waals surface area (Å²) in [7, 11) is 0. The second-order valence-corrected chi connectivity index (χ2v) is 6.23. The molecule has 94 valence electrons. The number of nitrogens with zero attached hydrogens (tertiary/aromatic N) is 1. The summed E-state index contributed by atoms with van der Waals surface area (Å²) < 4.78 is 0. The van der Waals surface area contributed by atoms with Crippen LogP contribution in [0.5, 0.6) is 0 Å². The highest BCUT2D eigenvalue weighted by atomic mass is 32.2. The maximum absolute atomic E-state index is 9.17. The van der Waals surface area contributed by atoms with Gasteiger partial charge in [0.15, 0.2) is 0 Å². The summed E-state index contributed by atoms with van der Waals surface area (Å²) in [6.45, 7) is 10.7. The van der Waals surface area contributed by atoms with Crippen molar-refractivity contribution in [3.05, 3.63) is 0 Å². The van der Waals surface area contributed by atoms with E-state index in [1.165, 1.54) is 12.2 Å². The highest BCUT2D eigenvalue weighted by Gasteiger charge is 2.23. The van der Waals surface area contributed by atoms with Crippen LogP contribution < -0.4 is 5.32 Å². The average Bonchev–Trinajstić information content (AvgIpc) is 2.23. The van der Waals surface area contributed by atoms with Gasteiger partial charge in [0, 0.05) is 6.04 Å². The lowest BCUT2D eigenvalue weighted by atomic mass is 10.0. The van der Waals surface area contributed by atoms with E-state index >= 15 is 0 Å². The molecule has 0 radical (unpaired) electrons. The molecule has 0 saturated carbocycles. The molecule has 0 aliphatic heterocycles. The molecule has 0 amide bonds. The Hall–Kier alpha value is -0.200. The first-order chi connectivity index (χ1) is 7.43. The second kappa shape index (κ2) is 7.97. The molecular formula is C13H26N2S. The van der Waals surface area contributed by atoms with Gasteiger partial charge in [-0.05, 0) is 44.6 Å². The molecule has 0 spiro atoms. The van der Waals surface area contributed by atoms with Crippen LogP contribution in [-0.4, -0.2) is 23.1 Å². The molecule has 0 fully saturated rings. The Morgan fingerprint density at radius 1 is 1.38 bits per heavy atom. The molecule has 0 bridgehead atoms. The average molecular weight is 242 g/mol. The van der Waals surface area contributed by atoms with Crippen LogP contribution in [0.3, 0.4) is 0 Å². The molecule has 0 heterocycles. The smallest absolute Gasteiger partial charge is 0.104 e. The molecule has 0 aliphatic carbocycles. The van der Waals surface area contributed by atoms with Gasteiger partial charge in [-0.15, -0.1) is 0 Å². The number of hydrogen-bond donors (Lipinski definition) is 1. The Bertz CT molecular complexity index is 222. The lowest BCUT2D eigenvalue weighted by Gasteiger charge is -2.25. The van der Waals surface area contributed by atoms with Crippen LogP contribution in [0.1, 0.15) is 47.5 Å².